The molecular weight excluding hydrogens is 259 g/mol. The predicted octanol–water partition coefficient (Wildman–Crippen LogP) is 3.66. The first-order valence-electron chi connectivity index (χ1n) is 3.66. The Hall–Kier alpha value is -1.02. The van der Waals surface area contributed by atoms with Crippen molar-refractivity contribution in [3.8, 4) is 6.07 Å². The average molecular weight is 264 g/mol. The molecule has 74 valence electrons. The Bertz CT molecular complexity index is 367. The molecule has 0 aliphatic carbocycles. The molecule has 1 rings (SSSR count). The lowest BCUT2D eigenvalue weighted by Gasteiger charge is -2.08. The van der Waals surface area contributed by atoms with E-state index in [0.29, 0.717) is 5.56 Å². The van der Waals surface area contributed by atoms with Gasteiger partial charge in [0.15, 0.2) is 0 Å². The molecule has 14 heavy (non-hydrogen) atoms. The Morgan fingerprint density at radius 1 is 1.36 bits per heavy atom. The van der Waals surface area contributed by atoms with Crippen molar-refractivity contribution in [2.45, 2.75) is 11.0 Å². The molecule has 1 atom stereocenters. The minimum absolute atomic E-state index is 0.308. The van der Waals surface area contributed by atoms with Crippen molar-refractivity contribution in [2.75, 3.05) is 0 Å². The highest BCUT2D eigenvalue weighted by atomic mass is 79.9. The van der Waals surface area contributed by atoms with Gasteiger partial charge >= 0.3 is 6.18 Å². The van der Waals surface area contributed by atoms with Crippen LogP contribution in [0.5, 0.6) is 0 Å². The molecule has 0 aliphatic heterocycles. The van der Waals surface area contributed by atoms with Gasteiger partial charge in [0.2, 0.25) is 0 Å². The van der Waals surface area contributed by atoms with Crippen LogP contribution in [0.15, 0.2) is 24.3 Å². The number of hydrogen-bond acceptors (Lipinski definition) is 1. The second kappa shape index (κ2) is 4.01. The van der Waals surface area contributed by atoms with E-state index in [-0.39, 0.29) is 0 Å². The van der Waals surface area contributed by atoms with Crippen LogP contribution < -0.4 is 0 Å². The number of nitriles is 1. The number of benzene rings is 1. The van der Waals surface area contributed by atoms with Gasteiger partial charge in [0.05, 0.1) is 11.6 Å². The maximum atomic E-state index is 12.2. The normalized spacial score (nSPS) is 13.4. The van der Waals surface area contributed by atoms with Crippen molar-refractivity contribution in [1.82, 2.24) is 0 Å². The minimum atomic E-state index is -4.36. The third-order valence-electron chi connectivity index (χ3n) is 1.62. The molecule has 0 saturated heterocycles. The molecule has 0 aromatic heterocycles. The molecular formula is C9H5BrF3N. The molecule has 0 heterocycles. The summed E-state index contributed by atoms with van der Waals surface area (Å²) in [5.41, 5.74) is -0.433. The van der Waals surface area contributed by atoms with Gasteiger partial charge in [0, 0.05) is 0 Å². The van der Waals surface area contributed by atoms with E-state index < -0.39 is 16.6 Å². The molecule has 1 aromatic carbocycles. The lowest BCUT2D eigenvalue weighted by Crippen LogP contribution is -2.05. The second-order valence-electron chi connectivity index (χ2n) is 2.61. The molecule has 0 bridgehead atoms. The van der Waals surface area contributed by atoms with Gasteiger partial charge in [-0.1, -0.05) is 28.1 Å². The molecule has 0 aliphatic rings. The van der Waals surface area contributed by atoms with Gasteiger partial charge in [0.25, 0.3) is 0 Å². The number of rotatable bonds is 1. The second-order valence-corrected chi connectivity index (χ2v) is 3.53. The van der Waals surface area contributed by atoms with Gasteiger partial charge in [-0.15, -0.1) is 0 Å². The van der Waals surface area contributed by atoms with Crippen LogP contribution in [0.25, 0.3) is 0 Å². The van der Waals surface area contributed by atoms with Crippen molar-refractivity contribution in [2.24, 2.45) is 0 Å². The van der Waals surface area contributed by atoms with Crippen LogP contribution in [0, 0.1) is 11.3 Å². The molecule has 5 heteroatoms. The van der Waals surface area contributed by atoms with Gasteiger partial charge in [-0.2, -0.15) is 18.4 Å². The van der Waals surface area contributed by atoms with E-state index in [1.54, 1.807) is 0 Å². The fourth-order valence-corrected chi connectivity index (χ4v) is 1.23. The fourth-order valence-electron chi connectivity index (χ4n) is 0.947. The van der Waals surface area contributed by atoms with E-state index in [1.165, 1.54) is 12.1 Å². The first-order chi connectivity index (χ1) is 6.45. The van der Waals surface area contributed by atoms with Crippen LogP contribution >= 0.6 is 15.9 Å². The molecule has 1 aromatic rings. The van der Waals surface area contributed by atoms with Crippen molar-refractivity contribution in [3.63, 3.8) is 0 Å². The van der Waals surface area contributed by atoms with Crippen LogP contribution in [0.3, 0.4) is 0 Å². The Balaban J connectivity index is 3.09. The topological polar surface area (TPSA) is 23.8 Å². The maximum absolute atomic E-state index is 12.2. The maximum Gasteiger partial charge on any atom is 0.416 e. The molecule has 0 spiro atoms. The number of nitrogens with zero attached hydrogens (tertiary/aromatic N) is 1. The van der Waals surface area contributed by atoms with Gasteiger partial charge in [-0.3, -0.25) is 0 Å². The monoisotopic (exact) mass is 263 g/mol. The highest BCUT2D eigenvalue weighted by Crippen LogP contribution is 2.32. The largest absolute Gasteiger partial charge is 0.416 e. The molecule has 0 radical (unpaired) electrons. The summed E-state index contributed by atoms with van der Waals surface area (Å²) in [4.78, 5) is -0.704. The molecule has 1 unspecified atom stereocenters. The van der Waals surface area contributed by atoms with Crippen LogP contribution in [0.4, 0.5) is 13.2 Å². The zero-order valence-corrected chi connectivity index (χ0v) is 8.43. The zero-order chi connectivity index (χ0) is 10.8. The lowest BCUT2D eigenvalue weighted by molar-refractivity contribution is -0.137. The van der Waals surface area contributed by atoms with Gasteiger partial charge in [-0.05, 0) is 17.7 Å². The summed E-state index contributed by atoms with van der Waals surface area (Å²) in [7, 11) is 0. The van der Waals surface area contributed by atoms with Crippen LogP contribution in [-0.2, 0) is 6.18 Å². The van der Waals surface area contributed by atoms with Crippen molar-refractivity contribution < 1.29 is 13.2 Å². The Morgan fingerprint density at radius 3 is 2.50 bits per heavy atom. The van der Waals surface area contributed by atoms with E-state index in [0.717, 1.165) is 12.1 Å². The Kier molecular flexibility index (Phi) is 3.17. The molecule has 1 nitrogen and oxygen atoms in total. The van der Waals surface area contributed by atoms with Crippen LogP contribution in [-0.4, -0.2) is 0 Å². The van der Waals surface area contributed by atoms with Crippen LogP contribution in [0.2, 0.25) is 0 Å². The fraction of sp³-hybridized carbons (Fsp3) is 0.222. The Morgan fingerprint density at radius 2 is 2.00 bits per heavy atom. The van der Waals surface area contributed by atoms with Crippen molar-refractivity contribution in [1.29, 1.82) is 5.26 Å². The first kappa shape index (κ1) is 11.1. The first-order valence-corrected chi connectivity index (χ1v) is 4.57. The average Bonchev–Trinajstić information content (AvgIpc) is 2.15. The summed E-state index contributed by atoms with van der Waals surface area (Å²) in [6.07, 6.45) is -4.36. The van der Waals surface area contributed by atoms with Crippen molar-refractivity contribution >= 4 is 15.9 Å². The summed E-state index contributed by atoms with van der Waals surface area (Å²) in [5.74, 6) is 0. The highest BCUT2D eigenvalue weighted by molar-refractivity contribution is 9.09. The quantitative estimate of drug-likeness (QED) is 0.710. The lowest BCUT2D eigenvalue weighted by atomic mass is 10.1. The van der Waals surface area contributed by atoms with E-state index in [2.05, 4.69) is 15.9 Å². The predicted molar refractivity (Wildman–Crippen MR) is 48.7 cm³/mol. The van der Waals surface area contributed by atoms with E-state index in [4.69, 9.17) is 5.26 Å². The van der Waals surface area contributed by atoms with Crippen LogP contribution in [0.1, 0.15) is 16.0 Å². The third-order valence-corrected chi connectivity index (χ3v) is 2.35. The van der Waals surface area contributed by atoms with E-state index in [1.807, 2.05) is 6.07 Å². The van der Waals surface area contributed by atoms with E-state index in [9.17, 15) is 13.2 Å². The standard InChI is InChI=1S/C9H5BrF3N/c10-8(5-14)6-2-1-3-7(4-6)9(11,12)13/h1-4,8H. The minimum Gasteiger partial charge on any atom is -0.197 e. The molecule has 0 fully saturated rings. The smallest absolute Gasteiger partial charge is 0.197 e. The van der Waals surface area contributed by atoms with Gasteiger partial charge in [0.1, 0.15) is 4.83 Å². The summed E-state index contributed by atoms with van der Waals surface area (Å²) in [6, 6.07) is 6.49. The summed E-state index contributed by atoms with van der Waals surface area (Å²) < 4.78 is 36.7. The van der Waals surface area contributed by atoms with E-state index >= 15 is 0 Å². The Labute approximate surface area is 87.3 Å². The van der Waals surface area contributed by atoms with Gasteiger partial charge < -0.3 is 0 Å². The number of alkyl halides is 4. The van der Waals surface area contributed by atoms with Crippen molar-refractivity contribution in [3.05, 3.63) is 35.4 Å². The molecule has 0 amide bonds. The highest BCUT2D eigenvalue weighted by Gasteiger charge is 2.30. The third kappa shape index (κ3) is 2.48. The summed E-state index contributed by atoms with van der Waals surface area (Å²) in [6.45, 7) is 0. The number of hydrogen-bond donors (Lipinski definition) is 0. The zero-order valence-electron chi connectivity index (χ0n) is 6.85. The van der Waals surface area contributed by atoms with Gasteiger partial charge in [-0.25, -0.2) is 0 Å². The SMILES string of the molecule is N#CC(Br)c1cccc(C(F)(F)F)c1. The summed E-state index contributed by atoms with van der Waals surface area (Å²) >= 11 is 2.96. The summed E-state index contributed by atoms with van der Waals surface area (Å²) in [5, 5.41) is 8.50. The number of halogens is 4. The molecule has 0 saturated carbocycles. The molecule has 0 N–H and O–H groups in total.